The van der Waals surface area contributed by atoms with Crippen LogP contribution >= 0.6 is 7.82 Å². The average molecular weight is 1090 g/mol. The molecule has 0 spiro atoms. The number of quaternary nitrogens is 1. The molecule has 76 heavy (non-hydrogen) atoms. The summed E-state index contributed by atoms with van der Waals surface area (Å²) in [6.45, 7) is 4.85. The van der Waals surface area contributed by atoms with Crippen LogP contribution in [0, 0.1) is 0 Å². The summed E-state index contributed by atoms with van der Waals surface area (Å²) in [5.74, 6) is -0.180. The second-order valence-electron chi connectivity index (χ2n) is 24.2. The third-order valence-corrected chi connectivity index (χ3v) is 16.3. The molecular formula is C67H132N2O6P+. The molecule has 3 unspecified atom stereocenters. The van der Waals surface area contributed by atoms with Gasteiger partial charge in [-0.05, 0) is 57.8 Å². The monoisotopic (exact) mass is 1090 g/mol. The van der Waals surface area contributed by atoms with Gasteiger partial charge in [0.1, 0.15) is 13.2 Å². The Hall–Kier alpha value is -1.28. The number of amides is 1. The van der Waals surface area contributed by atoms with E-state index in [9.17, 15) is 19.4 Å². The maximum atomic E-state index is 13.0. The number of phosphoric acid groups is 1. The van der Waals surface area contributed by atoms with E-state index in [0.717, 1.165) is 38.5 Å². The maximum absolute atomic E-state index is 13.0. The number of nitrogens with one attached hydrogen (secondary N) is 1. The summed E-state index contributed by atoms with van der Waals surface area (Å²) in [6.07, 6.45) is 77.1. The van der Waals surface area contributed by atoms with Gasteiger partial charge in [-0.3, -0.25) is 13.8 Å². The molecule has 0 radical (unpaired) electrons. The van der Waals surface area contributed by atoms with Crippen LogP contribution < -0.4 is 5.32 Å². The normalized spacial score (nSPS) is 13.9. The molecule has 0 heterocycles. The second-order valence-corrected chi connectivity index (χ2v) is 25.6. The van der Waals surface area contributed by atoms with Gasteiger partial charge in [-0.25, -0.2) is 4.57 Å². The fourth-order valence-corrected chi connectivity index (χ4v) is 10.9. The predicted molar refractivity (Wildman–Crippen MR) is 332 cm³/mol. The van der Waals surface area contributed by atoms with Crippen molar-refractivity contribution in [1.29, 1.82) is 0 Å². The molecule has 0 fully saturated rings. The standard InChI is InChI=1S/C67H131N2O6P/c1-6-8-10-12-14-16-18-20-22-24-26-28-30-32-33-34-35-37-39-41-43-45-47-49-51-53-55-57-59-61-67(71)68-65(64-75-76(72,73)74-63-62-69(3,4)5)66(70)60-58-56-54-52-50-48-46-44-42-40-38-36-31-29-27-25-23-21-19-17-15-13-11-9-7-2/h24,26,50,52,58,60,65-66,70H,6-23,25,27-49,51,53-57,59,61-64H2,1-5H3,(H-,68,71,72,73)/p+1/b26-24-,52-50+,60-58+. The fraction of sp³-hybridized carbons (Fsp3) is 0.896. The Balaban J connectivity index is 4.11. The lowest BCUT2D eigenvalue weighted by Gasteiger charge is -2.25. The van der Waals surface area contributed by atoms with E-state index in [1.807, 2.05) is 27.2 Å². The predicted octanol–water partition coefficient (Wildman–Crippen LogP) is 20.9. The molecule has 0 aromatic rings. The first-order valence-electron chi connectivity index (χ1n) is 33.4. The van der Waals surface area contributed by atoms with Gasteiger partial charge in [0.05, 0.1) is 39.9 Å². The van der Waals surface area contributed by atoms with Crippen molar-refractivity contribution in [3.05, 3.63) is 36.5 Å². The number of carbonyl (C=O) groups is 1. The largest absolute Gasteiger partial charge is 0.472 e. The van der Waals surface area contributed by atoms with Gasteiger partial charge >= 0.3 is 7.82 Å². The van der Waals surface area contributed by atoms with Gasteiger partial charge in [-0.1, -0.05) is 307 Å². The highest BCUT2D eigenvalue weighted by atomic mass is 31.2. The van der Waals surface area contributed by atoms with E-state index in [1.54, 1.807) is 6.08 Å². The Labute approximate surface area is 474 Å². The van der Waals surface area contributed by atoms with E-state index in [2.05, 4.69) is 43.5 Å². The molecule has 0 aliphatic rings. The Bertz CT molecular complexity index is 1330. The fourth-order valence-electron chi connectivity index (χ4n) is 10.1. The van der Waals surface area contributed by atoms with Crippen molar-refractivity contribution in [2.24, 2.45) is 0 Å². The van der Waals surface area contributed by atoms with Crippen LogP contribution in [0.1, 0.15) is 335 Å². The van der Waals surface area contributed by atoms with Crippen molar-refractivity contribution in [1.82, 2.24) is 5.32 Å². The molecule has 0 saturated heterocycles. The number of nitrogens with zero attached hydrogens (tertiary/aromatic N) is 1. The second kappa shape index (κ2) is 58.4. The van der Waals surface area contributed by atoms with Crippen molar-refractivity contribution in [3.63, 3.8) is 0 Å². The lowest BCUT2D eigenvalue weighted by atomic mass is 10.0. The maximum Gasteiger partial charge on any atom is 0.472 e. The number of aliphatic hydroxyl groups excluding tert-OH is 1. The van der Waals surface area contributed by atoms with Crippen LogP contribution in [0.5, 0.6) is 0 Å². The van der Waals surface area contributed by atoms with Gasteiger partial charge in [0.15, 0.2) is 0 Å². The highest BCUT2D eigenvalue weighted by Gasteiger charge is 2.28. The van der Waals surface area contributed by atoms with E-state index in [-0.39, 0.29) is 19.1 Å². The molecule has 8 nitrogen and oxygen atoms in total. The molecule has 0 aliphatic carbocycles. The Morgan fingerprint density at radius 3 is 1.05 bits per heavy atom. The van der Waals surface area contributed by atoms with Crippen LogP contribution in [0.25, 0.3) is 0 Å². The summed E-state index contributed by atoms with van der Waals surface area (Å²) < 4.78 is 23.8. The number of rotatable bonds is 62. The number of aliphatic hydroxyl groups is 1. The van der Waals surface area contributed by atoms with Crippen LogP contribution in [0.15, 0.2) is 36.5 Å². The highest BCUT2D eigenvalue weighted by Crippen LogP contribution is 2.43. The Kier molecular flexibility index (Phi) is 57.4. The van der Waals surface area contributed by atoms with Gasteiger partial charge < -0.3 is 19.8 Å². The third kappa shape index (κ3) is 60.4. The zero-order valence-corrected chi connectivity index (χ0v) is 52.4. The topological polar surface area (TPSA) is 105 Å². The number of allylic oxidation sites excluding steroid dienone is 5. The van der Waals surface area contributed by atoms with E-state index in [4.69, 9.17) is 9.05 Å². The number of carbonyl (C=O) groups excluding carboxylic acids is 1. The number of likely N-dealkylation sites (N-methyl/N-ethyl adjacent to an activating group) is 1. The summed E-state index contributed by atoms with van der Waals surface area (Å²) in [5, 5.41) is 14.0. The summed E-state index contributed by atoms with van der Waals surface area (Å²) in [5.41, 5.74) is 0. The van der Waals surface area contributed by atoms with Crippen LogP contribution in [0.2, 0.25) is 0 Å². The lowest BCUT2D eigenvalue weighted by molar-refractivity contribution is -0.870. The first-order chi connectivity index (χ1) is 37.0. The van der Waals surface area contributed by atoms with Gasteiger partial charge in [0.2, 0.25) is 5.91 Å². The van der Waals surface area contributed by atoms with Crippen molar-refractivity contribution in [2.45, 2.75) is 347 Å². The SMILES string of the molecule is CCCCCCCCCC/C=C\CCCCCCCCCCCCCCCCCCCC(=O)NC(COP(=O)(O)OCC[N+](C)(C)C)C(O)/C=C/CC/C=C/CCCCCCCCCCCCCCCCCCCCC. The average Bonchev–Trinajstić information content (AvgIpc) is 3.38. The molecule has 0 rings (SSSR count). The first-order valence-corrected chi connectivity index (χ1v) is 34.9. The van der Waals surface area contributed by atoms with Gasteiger partial charge in [0.25, 0.3) is 0 Å². The van der Waals surface area contributed by atoms with Crippen molar-refractivity contribution in [2.75, 3.05) is 40.9 Å². The number of phosphoric ester groups is 1. The van der Waals surface area contributed by atoms with E-state index in [0.29, 0.717) is 17.4 Å². The van der Waals surface area contributed by atoms with Crippen molar-refractivity contribution < 1.29 is 32.9 Å². The van der Waals surface area contributed by atoms with E-state index >= 15 is 0 Å². The lowest BCUT2D eigenvalue weighted by Crippen LogP contribution is -2.45. The van der Waals surface area contributed by atoms with Gasteiger partial charge in [-0.2, -0.15) is 0 Å². The number of hydrogen-bond acceptors (Lipinski definition) is 5. The van der Waals surface area contributed by atoms with Gasteiger partial charge in [0, 0.05) is 6.42 Å². The van der Waals surface area contributed by atoms with E-state index in [1.165, 1.54) is 276 Å². The zero-order valence-electron chi connectivity index (χ0n) is 51.5. The van der Waals surface area contributed by atoms with Crippen LogP contribution in [0.3, 0.4) is 0 Å². The van der Waals surface area contributed by atoms with Crippen molar-refractivity contribution >= 4 is 13.7 Å². The summed E-state index contributed by atoms with van der Waals surface area (Å²) in [4.78, 5) is 23.4. The number of unbranched alkanes of at least 4 members (excludes halogenated alkanes) is 45. The zero-order chi connectivity index (χ0) is 55.6. The third-order valence-electron chi connectivity index (χ3n) is 15.3. The molecule has 0 aromatic heterocycles. The van der Waals surface area contributed by atoms with E-state index < -0.39 is 20.0 Å². The van der Waals surface area contributed by atoms with Crippen LogP contribution in [-0.2, 0) is 18.4 Å². The molecule has 3 N–H and O–H groups in total. The molecular weight excluding hydrogens is 960 g/mol. The van der Waals surface area contributed by atoms with Crippen molar-refractivity contribution in [3.8, 4) is 0 Å². The first kappa shape index (κ1) is 74.7. The molecule has 450 valence electrons. The molecule has 0 bridgehead atoms. The minimum absolute atomic E-state index is 0.0578. The molecule has 0 saturated carbocycles. The molecule has 0 aliphatic heterocycles. The Morgan fingerprint density at radius 1 is 0.434 bits per heavy atom. The van der Waals surface area contributed by atoms with Crippen LogP contribution in [-0.4, -0.2) is 73.4 Å². The minimum atomic E-state index is -4.36. The summed E-state index contributed by atoms with van der Waals surface area (Å²) in [6, 6.07) is -0.863. The molecule has 1 amide bonds. The molecule has 0 aromatic carbocycles. The summed E-state index contributed by atoms with van der Waals surface area (Å²) in [7, 11) is 1.57. The highest BCUT2D eigenvalue weighted by molar-refractivity contribution is 7.47. The quantitative estimate of drug-likeness (QED) is 0.0243. The number of hydrogen-bond donors (Lipinski definition) is 3. The molecule has 3 atom stereocenters. The smallest absolute Gasteiger partial charge is 0.387 e. The minimum Gasteiger partial charge on any atom is -0.387 e. The van der Waals surface area contributed by atoms with Gasteiger partial charge in [-0.15, -0.1) is 0 Å². The molecule has 9 heteroatoms. The summed E-state index contributed by atoms with van der Waals surface area (Å²) >= 11 is 0. The Morgan fingerprint density at radius 2 is 0.724 bits per heavy atom. The van der Waals surface area contributed by atoms with Crippen LogP contribution in [0.4, 0.5) is 0 Å².